The van der Waals surface area contributed by atoms with E-state index in [-0.39, 0.29) is 24.4 Å². The number of halogens is 1. The Bertz CT molecular complexity index is 831. The number of nitrogens with zero attached hydrogens (tertiary/aromatic N) is 2. The molecule has 0 aliphatic rings. The Morgan fingerprint density at radius 3 is 2.56 bits per heavy atom. The van der Waals surface area contributed by atoms with Crippen molar-refractivity contribution in [3.05, 3.63) is 84.2 Å². The van der Waals surface area contributed by atoms with E-state index in [4.69, 9.17) is 4.74 Å². The number of hydrogen-bond donors (Lipinski definition) is 1. The van der Waals surface area contributed by atoms with Gasteiger partial charge in [-0.3, -0.25) is 4.79 Å². The number of hydrogen-bond acceptors (Lipinski definition) is 3. The number of aryl methyl sites for hydroxylation is 1. The number of carbonyl (C=O) groups is 1. The molecule has 0 unspecified atom stereocenters. The highest BCUT2D eigenvalue weighted by molar-refractivity contribution is 5.78. The Balaban J connectivity index is 1.71. The zero-order valence-corrected chi connectivity index (χ0v) is 13.7. The zero-order chi connectivity index (χ0) is 17.6. The van der Waals surface area contributed by atoms with Crippen molar-refractivity contribution >= 4 is 5.91 Å². The van der Waals surface area contributed by atoms with E-state index in [1.165, 1.54) is 24.3 Å². The van der Waals surface area contributed by atoms with E-state index in [1.54, 1.807) is 6.20 Å². The van der Waals surface area contributed by atoms with Gasteiger partial charge in [0, 0.05) is 19.4 Å². The first-order chi connectivity index (χ1) is 12.1. The standard InChI is InChI=1S/C19H18FN3O2/c1-23-12-11-21-19(23)18(14-5-3-2-4-6-14)22-17(24)13-25-16-9-7-15(20)8-10-16/h2-12,18H,13H2,1H3,(H,22,24)/t18-/m1/s1. The van der Waals surface area contributed by atoms with Gasteiger partial charge in [0.2, 0.25) is 0 Å². The van der Waals surface area contributed by atoms with Crippen molar-refractivity contribution in [1.82, 2.24) is 14.9 Å². The SMILES string of the molecule is Cn1ccnc1[C@H](NC(=O)COc1ccc(F)cc1)c1ccccc1. The van der Waals surface area contributed by atoms with Gasteiger partial charge in [0.1, 0.15) is 23.4 Å². The third kappa shape index (κ3) is 4.23. The molecule has 3 rings (SSSR count). The summed E-state index contributed by atoms with van der Waals surface area (Å²) in [5.41, 5.74) is 0.923. The molecule has 0 saturated heterocycles. The lowest BCUT2D eigenvalue weighted by molar-refractivity contribution is -0.123. The van der Waals surface area contributed by atoms with Crippen LogP contribution in [0.1, 0.15) is 17.4 Å². The molecule has 6 heteroatoms. The minimum absolute atomic E-state index is 0.167. The number of nitrogens with one attached hydrogen (secondary N) is 1. The molecule has 1 amide bonds. The first-order valence-corrected chi connectivity index (χ1v) is 7.83. The predicted molar refractivity (Wildman–Crippen MR) is 91.5 cm³/mol. The molecule has 1 aromatic heterocycles. The highest BCUT2D eigenvalue weighted by Gasteiger charge is 2.20. The molecule has 0 aliphatic carbocycles. The zero-order valence-electron chi connectivity index (χ0n) is 13.7. The quantitative estimate of drug-likeness (QED) is 0.751. The van der Waals surface area contributed by atoms with Crippen molar-refractivity contribution in [3.63, 3.8) is 0 Å². The van der Waals surface area contributed by atoms with Crippen molar-refractivity contribution in [1.29, 1.82) is 0 Å². The maximum Gasteiger partial charge on any atom is 0.258 e. The summed E-state index contributed by atoms with van der Waals surface area (Å²) in [4.78, 5) is 16.7. The fourth-order valence-corrected chi connectivity index (χ4v) is 2.48. The van der Waals surface area contributed by atoms with Crippen molar-refractivity contribution < 1.29 is 13.9 Å². The Labute approximate surface area is 145 Å². The number of aromatic nitrogens is 2. The highest BCUT2D eigenvalue weighted by atomic mass is 19.1. The summed E-state index contributed by atoms with van der Waals surface area (Å²) >= 11 is 0. The summed E-state index contributed by atoms with van der Waals surface area (Å²) in [6.45, 7) is -0.167. The third-order valence-electron chi connectivity index (χ3n) is 3.74. The first kappa shape index (κ1) is 16.7. The second-order valence-electron chi connectivity index (χ2n) is 5.55. The molecule has 1 heterocycles. The van der Waals surface area contributed by atoms with Crippen LogP contribution in [0.15, 0.2) is 67.0 Å². The minimum atomic E-state index is -0.384. The van der Waals surface area contributed by atoms with Gasteiger partial charge in [0.25, 0.3) is 5.91 Å². The molecule has 25 heavy (non-hydrogen) atoms. The molecule has 0 aliphatic heterocycles. The van der Waals surface area contributed by atoms with Gasteiger partial charge in [-0.25, -0.2) is 9.37 Å². The van der Waals surface area contributed by atoms with Gasteiger partial charge in [-0.2, -0.15) is 0 Å². The van der Waals surface area contributed by atoms with Crippen LogP contribution in [-0.4, -0.2) is 22.1 Å². The number of amides is 1. The average molecular weight is 339 g/mol. The van der Waals surface area contributed by atoms with Crippen molar-refractivity contribution in [2.75, 3.05) is 6.61 Å². The van der Waals surface area contributed by atoms with Crippen LogP contribution in [0, 0.1) is 5.82 Å². The number of imidazole rings is 1. The van der Waals surface area contributed by atoms with E-state index in [1.807, 2.05) is 48.1 Å². The predicted octanol–water partition coefficient (Wildman–Crippen LogP) is 2.84. The highest BCUT2D eigenvalue weighted by Crippen LogP contribution is 2.20. The van der Waals surface area contributed by atoms with Crippen LogP contribution in [0.5, 0.6) is 5.75 Å². The Kier molecular flexibility index (Phi) is 5.09. The number of benzene rings is 2. The van der Waals surface area contributed by atoms with Gasteiger partial charge < -0.3 is 14.6 Å². The van der Waals surface area contributed by atoms with Crippen LogP contribution in [0.25, 0.3) is 0 Å². The van der Waals surface area contributed by atoms with E-state index in [9.17, 15) is 9.18 Å². The van der Waals surface area contributed by atoms with E-state index in [0.717, 1.165) is 11.4 Å². The topological polar surface area (TPSA) is 56.2 Å². The first-order valence-electron chi connectivity index (χ1n) is 7.83. The summed E-state index contributed by atoms with van der Waals surface area (Å²) in [7, 11) is 1.87. The molecule has 2 aromatic carbocycles. The maximum absolute atomic E-state index is 12.9. The second-order valence-corrected chi connectivity index (χ2v) is 5.55. The van der Waals surface area contributed by atoms with E-state index in [2.05, 4.69) is 10.3 Å². The Morgan fingerprint density at radius 1 is 1.20 bits per heavy atom. The lowest BCUT2D eigenvalue weighted by atomic mass is 10.1. The summed E-state index contributed by atoms with van der Waals surface area (Å²) in [6.07, 6.45) is 3.51. The van der Waals surface area contributed by atoms with Crippen LogP contribution < -0.4 is 10.1 Å². The van der Waals surface area contributed by atoms with Crippen LogP contribution in [-0.2, 0) is 11.8 Å². The summed E-state index contributed by atoms with van der Waals surface area (Å²) in [6, 6.07) is 14.7. The van der Waals surface area contributed by atoms with Crippen molar-refractivity contribution in [3.8, 4) is 5.75 Å². The number of rotatable bonds is 6. The largest absolute Gasteiger partial charge is 0.484 e. The molecule has 0 saturated carbocycles. The Morgan fingerprint density at radius 2 is 1.92 bits per heavy atom. The summed E-state index contributed by atoms with van der Waals surface area (Å²) in [5, 5.41) is 2.94. The van der Waals surface area contributed by atoms with E-state index < -0.39 is 0 Å². The van der Waals surface area contributed by atoms with Crippen molar-refractivity contribution in [2.45, 2.75) is 6.04 Å². The van der Waals surface area contributed by atoms with Crippen molar-refractivity contribution in [2.24, 2.45) is 7.05 Å². The van der Waals surface area contributed by atoms with Gasteiger partial charge in [0.05, 0.1) is 0 Å². The maximum atomic E-state index is 12.9. The van der Waals surface area contributed by atoms with Gasteiger partial charge >= 0.3 is 0 Å². The molecule has 0 spiro atoms. The number of ether oxygens (including phenoxy) is 1. The molecular formula is C19H18FN3O2. The molecule has 1 atom stereocenters. The fourth-order valence-electron chi connectivity index (χ4n) is 2.48. The molecule has 128 valence electrons. The van der Waals surface area contributed by atoms with E-state index in [0.29, 0.717) is 5.75 Å². The average Bonchev–Trinajstić information content (AvgIpc) is 3.06. The third-order valence-corrected chi connectivity index (χ3v) is 3.74. The summed E-state index contributed by atoms with van der Waals surface area (Å²) < 4.78 is 20.2. The molecule has 0 fully saturated rings. The normalized spacial score (nSPS) is 11.8. The lowest BCUT2D eigenvalue weighted by Gasteiger charge is -2.19. The van der Waals surface area contributed by atoms with Gasteiger partial charge in [-0.05, 0) is 29.8 Å². The van der Waals surface area contributed by atoms with Gasteiger partial charge in [0.15, 0.2) is 6.61 Å². The van der Waals surface area contributed by atoms with Crippen LogP contribution >= 0.6 is 0 Å². The monoisotopic (exact) mass is 339 g/mol. The lowest BCUT2D eigenvalue weighted by Crippen LogP contribution is -2.34. The second kappa shape index (κ2) is 7.61. The Hall–Kier alpha value is -3.15. The van der Waals surface area contributed by atoms with E-state index >= 15 is 0 Å². The van der Waals surface area contributed by atoms with Crippen LogP contribution in [0.4, 0.5) is 4.39 Å². The van der Waals surface area contributed by atoms with Gasteiger partial charge in [-0.15, -0.1) is 0 Å². The minimum Gasteiger partial charge on any atom is -0.484 e. The summed E-state index contributed by atoms with van der Waals surface area (Å²) in [5.74, 6) is 0.517. The fraction of sp³-hybridized carbons (Fsp3) is 0.158. The van der Waals surface area contributed by atoms with Crippen LogP contribution in [0.2, 0.25) is 0 Å². The molecule has 5 nitrogen and oxygen atoms in total. The number of carbonyl (C=O) groups excluding carboxylic acids is 1. The smallest absolute Gasteiger partial charge is 0.258 e. The molecule has 0 bridgehead atoms. The molecule has 1 N–H and O–H groups in total. The van der Waals surface area contributed by atoms with Gasteiger partial charge in [-0.1, -0.05) is 30.3 Å². The molecule has 0 radical (unpaired) electrons. The molecular weight excluding hydrogens is 321 g/mol. The molecule has 3 aromatic rings. The van der Waals surface area contributed by atoms with Crippen LogP contribution in [0.3, 0.4) is 0 Å².